The van der Waals surface area contributed by atoms with Crippen molar-refractivity contribution in [2.45, 2.75) is 27.7 Å². The standard InChI is InChI=1S/C11H13ClN4/c1-6-5-10(14-11(12)13-6)16-9(4)7(2)8(3)15-16/h5H,1-4H3. The van der Waals surface area contributed by atoms with Gasteiger partial charge in [-0.1, -0.05) is 0 Å². The number of aryl methyl sites for hydroxylation is 2. The van der Waals surface area contributed by atoms with Gasteiger partial charge in [-0.05, 0) is 44.9 Å². The lowest BCUT2D eigenvalue weighted by Gasteiger charge is -2.04. The Morgan fingerprint density at radius 3 is 2.31 bits per heavy atom. The first-order valence-corrected chi connectivity index (χ1v) is 5.41. The average molecular weight is 237 g/mol. The molecule has 0 radical (unpaired) electrons. The zero-order valence-corrected chi connectivity index (χ0v) is 10.5. The number of hydrogen-bond donors (Lipinski definition) is 0. The van der Waals surface area contributed by atoms with Crippen molar-refractivity contribution in [1.82, 2.24) is 19.7 Å². The average Bonchev–Trinajstić information content (AvgIpc) is 2.44. The largest absolute Gasteiger partial charge is 0.224 e. The molecule has 0 N–H and O–H groups in total. The van der Waals surface area contributed by atoms with Gasteiger partial charge in [0.2, 0.25) is 5.28 Å². The van der Waals surface area contributed by atoms with E-state index in [2.05, 4.69) is 15.1 Å². The summed E-state index contributed by atoms with van der Waals surface area (Å²) in [5.41, 5.74) is 4.09. The summed E-state index contributed by atoms with van der Waals surface area (Å²) in [7, 11) is 0. The van der Waals surface area contributed by atoms with Crippen LogP contribution in [0.2, 0.25) is 5.28 Å². The Morgan fingerprint density at radius 1 is 1.12 bits per heavy atom. The maximum Gasteiger partial charge on any atom is 0.224 e. The quantitative estimate of drug-likeness (QED) is 0.715. The summed E-state index contributed by atoms with van der Waals surface area (Å²) < 4.78 is 1.80. The Balaban J connectivity index is 2.62. The fraction of sp³-hybridized carbons (Fsp3) is 0.364. The second-order valence-corrected chi connectivity index (χ2v) is 4.18. The van der Waals surface area contributed by atoms with Crippen LogP contribution < -0.4 is 0 Å². The zero-order chi connectivity index (χ0) is 11.9. The van der Waals surface area contributed by atoms with E-state index in [-0.39, 0.29) is 5.28 Å². The van der Waals surface area contributed by atoms with Crippen molar-refractivity contribution >= 4 is 11.6 Å². The monoisotopic (exact) mass is 236 g/mol. The third kappa shape index (κ3) is 1.80. The minimum Gasteiger partial charge on any atom is -0.223 e. The van der Waals surface area contributed by atoms with Crippen LogP contribution in [-0.4, -0.2) is 19.7 Å². The lowest BCUT2D eigenvalue weighted by atomic mass is 10.2. The van der Waals surface area contributed by atoms with E-state index in [0.717, 1.165) is 17.1 Å². The van der Waals surface area contributed by atoms with E-state index >= 15 is 0 Å². The van der Waals surface area contributed by atoms with Gasteiger partial charge in [0.25, 0.3) is 0 Å². The van der Waals surface area contributed by atoms with Crippen molar-refractivity contribution < 1.29 is 0 Å². The van der Waals surface area contributed by atoms with Crippen molar-refractivity contribution in [1.29, 1.82) is 0 Å². The molecule has 4 nitrogen and oxygen atoms in total. The summed E-state index contributed by atoms with van der Waals surface area (Å²) in [6, 6.07) is 1.87. The van der Waals surface area contributed by atoms with Crippen LogP contribution in [0.4, 0.5) is 0 Å². The third-order valence-corrected chi connectivity index (χ3v) is 2.85. The van der Waals surface area contributed by atoms with Gasteiger partial charge in [-0.15, -0.1) is 0 Å². The highest BCUT2D eigenvalue weighted by molar-refractivity contribution is 6.28. The molecule has 0 unspecified atom stereocenters. The molecule has 2 aromatic rings. The number of rotatable bonds is 1. The maximum absolute atomic E-state index is 5.84. The van der Waals surface area contributed by atoms with E-state index in [0.29, 0.717) is 5.82 Å². The van der Waals surface area contributed by atoms with Crippen LogP contribution in [0.3, 0.4) is 0 Å². The minimum atomic E-state index is 0.250. The molecule has 0 fully saturated rings. The number of nitrogens with zero attached hydrogens (tertiary/aromatic N) is 4. The first-order chi connectivity index (χ1) is 7.49. The molecule has 0 aliphatic carbocycles. The fourth-order valence-electron chi connectivity index (χ4n) is 1.57. The molecule has 0 spiro atoms. The zero-order valence-electron chi connectivity index (χ0n) is 9.74. The number of halogens is 1. The maximum atomic E-state index is 5.84. The molecule has 16 heavy (non-hydrogen) atoms. The van der Waals surface area contributed by atoms with E-state index in [9.17, 15) is 0 Å². The predicted molar refractivity (Wildman–Crippen MR) is 63.1 cm³/mol. The van der Waals surface area contributed by atoms with Crippen LogP contribution in [0.15, 0.2) is 6.07 Å². The molecule has 0 aromatic carbocycles. The summed E-state index contributed by atoms with van der Waals surface area (Å²) in [6.45, 7) is 7.93. The molecular formula is C11H13ClN4. The number of aromatic nitrogens is 4. The lowest BCUT2D eigenvalue weighted by molar-refractivity contribution is 0.797. The van der Waals surface area contributed by atoms with Crippen molar-refractivity contribution in [3.63, 3.8) is 0 Å². The molecule has 84 valence electrons. The van der Waals surface area contributed by atoms with Crippen molar-refractivity contribution in [2.24, 2.45) is 0 Å². The molecular weight excluding hydrogens is 224 g/mol. The summed E-state index contributed by atoms with van der Waals surface area (Å²) in [4.78, 5) is 8.21. The van der Waals surface area contributed by atoms with Crippen molar-refractivity contribution in [3.05, 3.63) is 34.0 Å². The molecule has 0 saturated carbocycles. The Kier molecular flexibility index (Phi) is 2.68. The van der Waals surface area contributed by atoms with Crippen LogP contribution in [0.1, 0.15) is 22.6 Å². The summed E-state index contributed by atoms with van der Waals surface area (Å²) in [5.74, 6) is 0.714. The van der Waals surface area contributed by atoms with Crippen LogP contribution in [0, 0.1) is 27.7 Å². The van der Waals surface area contributed by atoms with Gasteiger partial charge in [-0.3, -0.25) is 0 Å². The van der Waals surface area contributed by atoms with E-state index in [1.165, 1.54) is 5.56 Å². The molecule has 0 atom stereocenters. The SMILES string of the molecule is Cc1cc(-n2nc(C)c(C)c2C)nc(Cl)n1. The second kappa shape index (κ2) is 3.87. The summed E-state index contributed by atoms with van der Waals surface area (Å²) in [5, 5.41) is 4.68. The normalized spacial score (nSPS) is 10.8. The highest BCUT2D eigenvalue weighted by Gasteiger charge is 2.11. The molecule has 0 bridgehead atoms. The van der Waals surface area contributed by atoms with E-state index in [1.807, 2.05) is 33.8 Å². The van der Waals surface area contributed by atoms with E-state index in [1.54, 1.807) is 4.68 Å². The van der Waals surface area contributed by atoms with Gasteiger partial charge < -0.3 is 0 Å². The second-order valence-electron chi connectivity index (χ2n) is 3.84. The van der Waals surface area contributed by atoms with Gasteiger partial charge >= 0.3 is 0 Å². The smallest absolute Gasteiger partial charge is 0.223 e. The Hall–Kier alpha value is -1.42. The molecule has 0 aliphatic heterocycles. The number of hydrogen-bond acceptors (Lipinski definition) is 3. The van der Waals surface area contributed by atoms with Crippen LogP contribution in [0.25, 0.3) is 5.82 Å². The Morgan fingerprint density at radius 2 is 1.81 bits per heavy atom. The molecule has 0 saturated heterocycles. The van der Waals surface area contributed by atoms with Gasteiger partial charge in [0, 0.05) is 17.5 Å². The molecule has 2 rings (SSSR count). The van der Waals surface area contributed by atoms with E-state index < -0.39 is 0 Å². The molecule has 2 aromatic heterocycles. The van der Waals surface area contributed by atoms with Crippen LogP contribution in [0.5, 0.6) is 0 Å². The van der Waals surface area contributed by atoms with Gasteiger partial charge in [0.05, 0.1) is 5.69 Å². The van der Waals surface area contributed by atoms with E-state index in [4.69, 9.17) is 11.6 Å². The van der Waals surface area contributed by atoms with Crippen molar-refractivity contribution in [3.8, 4) is 5.82 Å². The fourth-order valence-corrected chi connectivity index (χ4v) is 1.79. The minimum absolute atomic E-state index is 0.250. The third-order valence-electron chi connectivity index (χ3n) is 2.68. The van der Waals surface area contributed by atoms with Crippen molar-refractivity contribution in [2.75, 3.05) is 0 Å². The van der Waals surface area contributed by atoms with Crippen LogP contribution >= 0.6 is 11.6 Å². The lowest BCUT2D eigenvalue weighted by Crippen LogP contribution is -2.04. The first kappa shape index (κ1) is 11.1. The summed E-state index contributed by atoms with van der Waals surface area (Å²) in [6.07, 6.45) is 0. The Labute approximate surface area is 99.3 Å². The van der Waals surface area contributed by atoms with Crippen LogP contribution in [-0.2, 0) is 0 Å². The molecule has 0 amide bonds. The van der Waals surface area contributed by atoms with Gasteiger partial charge in [0.1, 0.15) is 0 Å². The summed E-state index contributed by atoms with van der Waals surface area (Å²) >= 11 is 5.84. The molecule has 5 heteroatoms. The van der Waals surface area contributed by atoms with Gasteiger partial charge in [-0.2, -0.15) is 10.1 Å². The van der Waals surface area contributed by atoms with Gasteiger partial charge in [0.15, 0.2) is 5.82 Å². The highest BCUT2D eigenvalue weighted by atomic mass is 35.5. The highest BCUT2D eigenvalue weighted by Crippen LogP contribution is 2.16. The predicted octanol–water partition coefficient (Wildman–Crippen LogP) is 2.55. The Bertz CT molecular complexity index is 525. The first-order valence-electron chi connectivity index (χ1n) is 5.03. The van der Waals surface area contributed by atoms with Gasteiger partial charge in [-0.25, -0.2) is 9.67 Å². The molecule has 0 aliphatic rings. The molecule has 2 heterocycles. The topological polar surface area (TPSA) is 43.6 Å².